The first kappa shape index (κ1) is 13.9. The highest BCUT2D eigenvalue weighted by molar-refractivity contribution is 5.95. The zero-order chi connectivity index (χ0) is 14.0. The predicted octanol–water partition coefficient (Wildman–Crippen LogP) is 1.50. The van der Waals surface area contributed by atoms with Crippen molar-refractivity contribution < 1.29 is 9.53 Å². The molecule has 0 saturated carbocycles. The molecule has 1 aromatic rings. The summed E-state index contributed by atoms with van der Waals surface area (Å²) in [6.45, 7) is 9.25. The molecule has 2 rings (SSSR count). The van der Waals surface area contributed by atoms with E-state index in [1.807, 2.05) is 13.8 Å². The number of rotatable bonds is 3. The number of ether oxygens (including phenoxy) is 1. The molecule has 1 fully saturated rings. The zero-order valence-electron chi connectivity index (χ0n) is 12.0. The van der Waals surface area contributed by atoms with Gasteiger partial charge in [0.1, 0.15) is 0 Å². The molecular weight excluding hydrogens is 242 g/mol. The fourth-order valence-electron chi connectivity index (χ4n) is 2.21. The average Bonchev–Trinajstić information content (AvgIpc) is 2.68. The Morgan fingerprint density at radius 2 is 2.26 bits per heavy atom. The van der Waals surface area contributed by atoms with Crippen molar-refractivity contribution in [2.45, 2.75) is 40.2 Å². The molecule has 1 atom stereocenters. The number of carbonyl (C=O) groups is 1. The van der Waals surface area contributed by atoms with Gasteiger partial charge in [-0.1, -0.05) is 20.8 Å². The lowest BCUT2D eigenvalue weighted by Gasteiger charge is -2.25. The molecule has 0 radical (unpaired) electrons. The van der Waals surface area contributed by atoms with Crippen molar-refractivity contribution >= 4 is 5.91 Å². The summed E-state index contributed by atoms with van der Waals surface area (Å²) in [4.78, 5) is 12.4. The van der Waals surface area contributed by atoms with Crippen LogP contribution in [-0.2, 0) is 11.2 Å². The van der Waals surface area contributed by atoms with Gasteiger partial charge in [-0.15, -0.1) is 0 Å². The lowest BCUT2D eigenvalue weighted by molar-refractivity contribution is 0.0913. The van der Waals surface area contributed by atoms with E-state index in [1.165, 1.54) is 0 Å². The van der Waals surface area contributed by atoms with Gasteiger partial charge in [0.15, 0.2) is 0 Å². The van der Waals surface area contributed by atoms with Crippen LogP contribution in [0.1, 0.15) is 42.5 Å². The first-order valence-corrected chi connectivity index (χ1v) is 6.66. The van der Waals surface area contributed by atoms with E-state index in [2.05, 4.69) is 29.4 Å². The molecule has 1 N–H and O–H groups in total. The standard InChI is InChI=1S/C14H21N3O2/c1-5-11-10(6-9(2)16-17-11)13(18)15-12-7-19-8-14(12,3)4/h6,12H,5,7-8H2,1-4H3,(H,15,18). The number of nitrogens with zero attached hydrogens (tertiary/aromatic N) is 2. The quantitative estimate of drug-likeness (QED) is 0.897. The van der Waals surface area contributed by atoms with E-state index in [-0.39, 0.29) is 17.4 Å². The van der Waals surface area contributed by atoms with Crippen LogP contribution in [0, 0.1) is 12.3 Å². The van der Waals surface area contributed by atoms with Gasteiger partial charge < -0.3 is 10.1 Å². The second kappa shape index (κ2) is 5.25. The Kier molecular flexibility index (Phi) is 3.85. The van der Waals surface area contributed by atoms with Gasteiger partial charge >= 0.3 is 0 Å². The van der Waals surface area contributed by atoms with Gasteiger partial charge in [-0.05, 0) is 19.4 Å². The van der Waals surface area contributed by atoms with Gasteiger partial charge in [-0.25, -0.2) is 0 Å². The van der Waals surface area contributed by atoms with E-state index >= 15 is 0 Å². The predicted molar refractivity (Wildman–Crippen MR) is 72.0 cm³/mol. The van der Waals surface area contributed by atoms with Gasteiger partial charge in [0.05, 0.1) is 36.2 Å². The van der Waals surface area contributed by atoms with E-state index in [1.54, 1.807) is 6.07 Å². The molecule has 5 heteroatoms. The van der Waals surface area contributed by atoms with Crippen molar-refractivity contribution in [3.05, 3.63) is 23.0 Å². The van der Waals surface area contributed by atoms with Gasteiger partial charge in [0.25, 0.3) is 5.91 Å². The number of aromatic nitrogens is 2. The largest absolute Gasteiger partial charge is 0.379 e. The minimum atomic E-state index is -0.0848. The van der Waals surface area contributed by atoms with Crippen LogP contribution in [0.25, 0.3) is 0 Å². The normalized spacial score (nSPS) is 21.4. The summed E-state index contributed by atoms with van der Waals surface area (Å²) < 4.78 is 5.45. The highest BCUT2D eigenvalue weighted by Crippen LogP contribution is 2.27. The number of hydrogen-bond acceptors (Lipinski definition) is 4. The highest BCUT2D eigenvalue weighted by Gasteiger charge is 2.37. The minimum Gasteiger partial charge on any atom is -0.379 e. The van der Waals surface area contributed by atoms with E-state index in [0.717, 1.165) is 11.4 Å². The second-order valence-electron chi connectivity index (χ2n) is 5.73. The third-order valence-electron chi connectivity index (χ3n) is 3.58. The van der Waals surface area contributed by atoms with Crippen LogP contribution in [0.3, 0.4) is 0 Å². The van der Waals surface area contributed by atoms with Crippen LogP contribution in [0.15, 0.2) is 6.07 Å². The fraction of sp³-hybridized carbons (Fsp3) is 0.643. The highest BCUT2D eigenvalue weighted by atomic mass is 16.5. The molecule has 19 heavy (non-hydrogen) atoms. The molecule has 1 saturated heterocycles. The Hall–Kier alpha value is -1.49. The van der Waals surface area contributed by atoms with Gasteiger partial charge in [-0.2, -0.15) is 10.2 Å². The summed E-state index contributed by atoms with van der Waals surface area (Å²) >= 11 is 0. The SMILES string of the molecule is CCc1nnc(C)cc1C(=O)NC1COCC1(C)C. The van der Waals surface area contributed by atoms with Crippen molar-refractivity contribution in [1.82, 2.24) is 15.5 Å². The van der Waals surface area contributed by atoms with Crippen LogP contribution in [0.5, 0.6) is 0 Å². The number of aryl methyl sites for hydroxylation is 2. The van der Waals surface area contributed by atoms with Crippen molar-refractivity contribution in [3.63, 3.8) is 0 Å². The van der Waals surface area contributed by atoms with Crippen LogP contribution in [0.2, 0.25) is 0 Å². The molecule has 2 heterocycles. The van der Waals surface area contributed by atoms with Crippen LogP contribution in [0.4, 0.5) is 0 Å². The Balaban J connectivity index is 2.18. The Labute approximate surface area is 113 Å². The third kappa shape index (κ3) is 2.92. The fourth-order valence-corrected chi connectivity index (χ4v) is 2.21. The van der Waals surface area contributed by atoms with Gasteiger partial charge in [-0.3, -0.25) is 4.79 Å². The molecule has 0 aliphatic carbocycles. The Bertz CT molecular complexity index is 486. The van der Waals surface area contributed by atoms with Crippen LogP contribution >= 0.6 is 0 Å². The summed E-state index contributed by atoms with van der Waals surface area (Å²) in [6, 6.07) is 1.84. The van der Waals surface area contributed by atoms with Gasteiger partial charge in [0.2, 0.25) is 0 Å². The summed E-state index contributed by atoms with van der Waals surface area (Å²) in [5.41, 5.74) is 2.08. The summed E-state index contributed by atoms with van der Waals surface area (Å²) in [7, 11) is 0. The minimum absolute atomic E-state index is 0.0302. The second-order valence-corrected chi connectivity index (χ2v) is 5.73. The molecule has 104 valence electrons. The first-order valence-electron chi connectivity index (χ1n) is 6.66. The van der Waals surface area contributed by atoms with Gasteiger partial charge in [0, 0.05) is 5.41 Å². The molecule has 1 amide bonds. The van der Waals surface area contributed by atoms with Crippen molar-refractivity contribution in [2.24, 2.45) is 5.41 Å². The molecule has 1 aliphatic heterocycles. The molecule has 1 aliphatic rings. The molecule has 0 spiro atoms. The average molecular weight is 263 g/mol. The maximum atomic E-state index is 12.4. The van der Waals surface area contributed by atoms with Crippen molar-refractivity contribution in [1.29, 1.82) is 0 Å². The third-order valence-corrected chi connectivity index (χ3v) is 3.58. The number of carbonyl (C=O) groups excluding carboxylic acids is 1. The van der Waals surface area contributed by atoms with Crippen molar-refractivity contribution in [3.8, 4) is 0 Å². The molecule has 0 aromatic carbocycles. The lowest BCUT2D eigenvalue weighted by Crippen LogP contribution is -2.44. The smallest absolute Gasteiger partial charge is 0.253 e. The lowest BCUT2D eigenvalue weighted by atomic mass is 9.88. The number of amides is 1. The molecule has 5 nitrogen and oxygen atoms in total. The maximum absolute atomic E-state index is 12.4. The molecular formula is C14H21N3O2. The molecule has 0 bridgehead atoms. The van der Waals surface area contributed by atoms with E-state index < -0.39 is 0 Å². The van der Waals surface area contributed by atoms with Crippen molar-refractivity contribution in [2.75, 3.05) is 13.2 Å². The van der Waals surface area contributed by atoms with E-state index in [0.29, 0.717) is 25.2 Å². The zero-order valence-corrected chi connectivity index (χ0v) is 12.0. The summed E-state index contributed by atoms with van der Waals surface area (Å²) in [6.07, 6.45) is 0.695. The van der Waals surface area contributed by atoms with E-state index in [9.17, 15) is 4.79 Å². The number of hydrogen-bond donors (Lipinski definition) is 1. The summed E-state index contributed by atoms with van der Waals surface area (Å²) in [5, 5.41) is 11.1. The Morgan fingerprint density at radius 3 is 2.84 bits per heavy atom. The topological polar surface area (TPSA) is 64.1 Å². The monoisotopic (exact) mass is 263 g/mol. The maximum Gasteiger partial charge on any atom is 0.253 e. The molecule has 1 aromatic heterocycles. The summed E-state index contributed by atoms with van der Waals surface area (Å²) in [5.74, 6) is -0.0848. The van der Waals surface area contributed by atoms with E-state index in [4.69, 9.17) is 4.74 Å². The first-order chi connectivity index (χ1) is 8.94. The Morgan fingerprint density at radius 1 is 1.53 bits per heavy atom. The van der Waals surface area contributed by atoms with Crippen LogP contribution in [-0.4, -0.2) is 35.4 Å². The molecule has 1 unspecified atom stereocenters. The number of nitrogens with one attached hydrogen (secondary N) is 1. The van der Waals surface area contributed by atoms with Crippen LogP contribution < -0.4 is 5.32 Å².